The number of carboxylic acid groups (broad SMARTS) is 1. The highest BCUT2D eigenvalue weighted by Crippen LogP contribution is 2.45. The van der Waals surface area contributed by atoms with Crippen LogP contribution in [0.5, 0.6) is 0 Å². The molecular formula is C25H28N2O4. The van der Waals surface area contributed by atoms with Crippen LogP contribution in [-0.4, -0.2) is 65.3 Å². The lowest BCUT2D eigenvalue weighted by atomic mass is 9.87. The summed E-state index contributed by atoms with van der Waals surface area (Å²) in [4.78, 5) is 29.3. The highest BCUT2D eigenvalue weighted by atomic mass is 16.6. The minimum atomic E-state index is -1.21. The van der Waals surface area contributed by atoms with Crippen molar-refractivity contribution >= 4 is 12.1 Å². The summed E-state index contributed by atoms with van der Waals surface area (Å²) in [5.41, 5.74) is 3.44. The largest absolute Gasteiger partial charge is 0.479 e. The summed E-state index contributed by atoms with van der Waals surface area (Å²) in [6, 6.07) is 16.4. The van der Waals surface area contributed by atoms with Crippen molar-refractivity contribution in [1.82, 2.24) is 9.80 Å². The maximum Gasteiger partial charge on any atom is 0.411 e. The molecule has 6 heteroatoms. The summed E-state index contributed by atoms with van der Waals surface area (Å²) in [5, 5.41) is 10.2. The molecule has 2 fully saturated rings. The van der Waals surface area contributed by atoms with Crippen LogP contribution in [0.3, 0.4) is 0 Å². The predicted molar refractivity (Wildman–Crippen MR) is 117 cm³/mol. The second-order valence-corrected chi connectivity index (χ2v) is 9.08. The zero-order chi connectivity index (χ0) is 21.6. The first-order valence-corrected chi connectivity index (χ1v) is 11.1. The van der Waals surface area contributed by atoms with Crippen LogP contribution in [-0.2, 0) is 9.53 Å². The van der Waals surface area contributed by atoms with Gasteiger partial charge in [0.25, 0.3) is 0 Å². The zero-order valence-electron chi connectivity index (χ0n) is 17.8. The van der Waals surface area contributed by atoms with E-state index >= 15 is 0 Å². The molecule has 1 saturated heterocycles. The lowest BCUT2D eigenvalue weighted by Crippen LogP contribution is -2.65. The average molecular weight is 421 g/mol. The van der Waals surface area contributed by atoms with Gasteiger partial charge in [-0.3, -0.25) is 4.90 Å². The molecule has 2 aromatic carbocycles. The lowest BCUT2D eigenvalue weighted by molar-refractivity contribution is -0.155. The molecule has 1 N–H and O–H groups in total. The van der Waals surface area contributed by atoms with Gasteiger partial charge in [0.05, 0.1) is 0 Å². The number of amides is 1. The van der Waals surface area contributed by atoms with Crippen molar-refractivity contribution in [3.63, 3.8) is 0 Å². The Morgan fingerprint density at radius 2 is 1.71 bits per heavy atom. The van der Waals surface area contributed by atoms with Gasteiger partial charge in [-0.15, -0.1) is 0 Å². The maximum absolute atomic E-state index is 13.3. The Morgan fingerprint density at radius 1 is 1.10 bits per heavy atom. The molecule has 0 bridgehead atoms. The lowest BCUT2D eigenvalue weighted by Gasteiger charge is -2.45. The smallest absolute Gasteiger partial charge is 0.411 e. The van der Waals surface area contributed by atoms with E-state index < -0.39 is 17.6 Å². The van der Waals surface area contributed by atoms with Crippen molar-refractivity contribution in [1.29, 1.82) is 0 Å². The van der Waals surface area contributed by atoms with Crippen LogP contribution in [0.15, 0.2) is 48.5 Å². The van der Waals surface area contributed by atoms with Crippen LogP contribution in [0, 0.1) is 0 Å². The molecule has 1 saturated carbocycles. The first-order valence-electron chi connectivity index (χ1n) is 11.1. The fourth-order valence-corrected chi connectivity index (χ4v) is 5.39. The van der Waals surface area contributed by atoms with E-state index in [2.05, 4.69) is 24.3 Å². The summed E-state index contributed by atoms with van der Waals surface area (Å²) in [6.45, 7) is 1.39. The summed E-state index contributed by atoms with van der Waals surface area (Å²) in [6.07, 6.45) is 2.39. The topological polar surface area (TPSA) is 70.1 Å². The van der Waals surface area contributed by atoms with E-state index in [1.807, 2.05) is 36.2 Å². The van der Waals surface area contributed by atoms with E-state index in [0.717, 1.165) is 36.9 Å². The van der Waals surface area contributed by atoms with E-state index in [1.54, 1.807) is 4.90 Å². The molecule has 1 amide bonds. The molecule has 1 heterocycles. The number of hydrogen-bond donors (Lipinski definition) is 1. The normalized spacial score (nSPS) is 23.1. The number of carbonyl (C=O) groups is 2. The van der Waals surface area contributed by atoms with Crippen LogP contribution in [0.25, 0.3) is 11.1 Å². The number of carboxylic acids is 1. The number of likely N-dealkylation sites (tertiary alicyclic amines) is 1. The number of fused-ring (bicyclic) bond motifs is 3. The third-order valence-electron chi connectivity index (χ3n) is 6.97. The van der Waals surface area contributed by atoms with Gasteiger partial charge in [0.2, 0.25) is 0 Å². The van der Waals surface area contributed by atoms with Crippen molar-refractivity contribution in [2.45, 2.75) is 43.2 Å². The summed E-state index contributed by atoms with van der Waals surface area (Å²) < 4.78 is 5.87. The van der Waals surface area contributed by atoms with Gasteiger partial charge in [0.1, 0.15) is 6.61 Å². The van der Waals surface area contributed by atoms with Gasteiger partial charge >= 0.3 is 12.1 Å². The standard InChI is InChI=1S/C25H28N2O4/c1-26-14-6-13-25(16-26,23(28)29)27(17-11-12-17)24(30)31-15-22-20-9-4-2-7-18(20)19-8-3-5-10-21(19)22/h2-5,7-10,17,22H,6,11-16H2,1H3,(H,28,29). The van der Waals surface area contributed by atoms with E-state index in [1.165, 1.54) is 11.1 Å². The number of carbonyl (C=O) groups excluding carboxylic acids is 1. The number of hydrogen-bond acceptors (Lipinski definition) is 4. The van der Waals surface area contributed by atoms with E-state index in [-0.39, 0.29) is 18.6 Å². The Morgan fingerprint density at radius 3 is 2.26 bits per heavy atom. The number of likely N-dealkylation sites (N-methyl/N-ethyl adjacent to an activating group) is 1. The molecule has 0 spiro atoms. The van der Waals surface area contributed by atoms with Crippen molar-refractivity contribution < 1.29 is 19.4 Å². The average Bonchev–Trinajstić information content (AvgIpc) is 3.54. The Hall–Kier alpha value is -2.86. The number of ether oxygens (including phenoxy) is 1. The van der Waals surface area contributed by atoms with Crippen LogP contribution >= 0.6 is 0 Å². The zero-order valence-corrected chi connectivity index (χ0v) is 17.8. The number of nitrogens with zero attached hydrogens (tertiary/aromatic N) is 2. The van der Waals surface area contributed by atoms with Crippen molar-refractivity contribution in [2.75, 3.05) is 26.7 Å². The van der Waals surface area contributed by atoms with E-state index in [0.29, 0.717) is 13.0 Å². The first kappa shape index (κ1) is 20.1. The Kier molecular flexibility index (Phi) is 4.97. The molecule has 1 unspecified atom stereocenters. The first-order chi connectivity index (χ1) is 15.0. The number of rotatable bonds is 5. The highest BCUT2D eigenvalue weighted by molar-refractivity contribution is 5.85. The minimum absolute atomic E-state index is 0.0350. The SMILES string of the molecule is CN1CCCC(C(=O)O)(N(C(=O)OCC2c3ccccc3-c3ccccc32)C2CC2)C1. The maximum atomic E-state index is 13.3. The quantitative estimate of drug-likeness (QED) is 0.793. The van der Waals surface area contributed by atoms with Gasteiger partial charge in [-0.1, -0.05) is 48.5 Å². The van der Waals surface area contributed by atoms with Crippen molar-refractivity contribution in [2.24, 2.45) is 0 Å². The van der Waals surface area contributed by atoms with E-state index in [9.17, 15) is 14.7 Å². The molecule has 1 aliphatic heterocycles. The van der Waals surface area contributed by atoms with Gasteiger partial charge in [0.15, 0.2) is 5.54 Å². The van der Waals surface area contributed by atoms with Crippen LogP contribution < -0.4 is 0 Å². The second kappa shape index (κ2) is 7.68. The molecule has 31 heavy (non-hydrogen) atoms. The monoisotopic (exact) mass is 420 g/mol. The van der Waals surface area contributed by atoms with Gasteiger partial charge in [-0.2, -0.15) is 0 Å². The molecule has 0 radical (unpaired) electrons. The van der Waals surface area contributed by atoms with Crippen LogP contribution in [0.1, 0.15) is 42.7 Å². The number of piperidine rings is 1. The molecule has 162 valence electrons. The Bertz CT molecular complexity index is 973. The summed E-state index contributed by atoms with van der Waals surface area (Å²) in [5.74, 6) is -0.966. The molecule has 5 rings (SSSR count). The summed E-state index contributed by atoms with van der Waals surface area (Å²) in [7, 11) is 1.92. The van der Waals surface area contributed by atoms with Crippen molar-refractivity contribution in [3.05, 3.63) is 59.7 Å². The minimum Gasteiger partial charge on any atom is -0.479 e. The molecule has 2 aromatic rings. The third-order valence-corrected chi connectivity index (χ3v) is 6.97. The molecule has 0 aromatic heterocycles. The van der Waals surface area contributed by atoms with Gasteiger partial charge in [0, 0.05) is 18.5 Å². The molecule has 1 atom stereocenters. The molecule has 2 aliphatic carbocycles. The fraction of sp³-hybridized carbons (Fsp3) is 0.440. The highest BCUT2D eigenvalue weighted by Gasteiger charge is 2.54. The Balaban J connectivity index is 1.40. The third kappa shape index (κ3) is 3.39. The predicted octanol–water partition coefficient (Wildman–Crippen LogP) is 3.95. The summed E-state index contributed by atoms with van der Waals surface area (Å²) >= 11 is 0. The van der Waals surface area contributed by atoms with E-state index in [4.69, 9.17) is 4.74 Å². The number of aliphatic carboxylic acids is 1. The van der Waals surface area contributed by atoms with Gasteiger partial charge < -0.3 is 14.7 Å². The Labute approximate surface area is 182 Å². The van der Waals surface area contributed by atoms with Gasteiger partial charge in [-0.25, -0.2) is 9.59 Å². The molecule has 6 nitrogen and oxygen atoms in total. The van der Waals surface area contributed by atoms with Crippen LogP contribution in [0.2, 0.25) is 0 Å². The van der Waals surface area contributed by atoms with Crippen molar-refractivity contribution in [3.8, 4) is 11.1 Å². The molecule has 3 aliphatic rings. The molecular weight excluding hydrogens is 392 g/mol. The second-order valence-electron chi connectivity index (χ2n) is 9.08. The van der Waals surface area contributed by atoms with Crippen LogP contribution in [0.4, 0.5) is 4.79 Å². The van der Waals surface area contributed by atoms with Gasteiger partial charge in [-0.05, 0) is 61.5 Å². The number of benzene rings is 2. The fourth-order valence-electron chi connectivity index (χ4n) is 5.39.